The van der Waals surface area contributed by atoms with Gasteiger partial charge in [0.2, 0.25) is 0 Å². The summed E-state index contributed by atoms with van der Waals surface area (Å²) in [7, 11) is 0. The maximum Gasteiger partial charge on any atom is 0.0653 e. The van der Waals surface area contributed by atoms with Crippen molar-refractivity contribution in [3.8, 4) is 0 Å². The maximum atomic E-state index is 8.87. The molecule has 0 spiro atoms. The molecule has 0 heterocycles. The number of aliphatic hydroxyl groups is 1. The van der Waals surface area contributed by atoms with E-state index < -0.39 is 0 Å². The van der Waals surface area contributed by atoms with Crippen molar-refractivity contribution in [3.63, 3.8) is 0 Å². The first-order valence-corrected chi connectivity index (χ1v) is 4.46. The molecule has 0 aliphatic heterocycles. The van der Waals surface area contributed by atoms with Crippen molar-refractivity contribution in [3.05, 3.63) is 41.5 Å². The summed E-state index contributed by atoms with van der Waals surface area (Å²) in [5.74, 6) is 0.603. The minimum atomic E-state index is 0.0817. The molecule has 1 aromatic rings. The molecule has 0 bridgehead atoms. The molecule has 0 fully saturated rings. The van der Waals surface area contributed by atoms with Crippen molar-refractivity contribution >= 4 is 18.7 Å². The lowest BCUT2D eigenvalue weighted by Gasteiger charge is -1.98. The Labute approximate surface area is 78.2 Å². The zero-order chi connectivity index (χ0) is 8.81. The Morgan fingerprint density at radius 3 is 2.50 bits per heavy atom. The maximum absolute atomic E-state index is 8.87. The standard InChI is InChI=1S/C10H12OS/c11-7-10(8-12)6-9-4-2-1-3-5-9/h1-6,11-12H,7-8H2/b10-6+. The van der Waals surface area contributed by atoms with Gasteiger partial charge in [0.05, 0.1) is 6.61 Å². The van der Waals surface area contributed by atoms with Crippen LogP contribution in [0, 0.1) is 0 Å². The van der Waals surface area contributed by atoms with Crippen LogP contribution in [0.5, 0.6) is 0 Å². The van der Waals surface area contributed by atoms with Crippen molar-refractivity contribution in [1.82, 2.24) is 0 Å². The van der Waals surface area contributed by atoms with Gasteiger partial charge in [-0.05, 0) is 11.1 Å². The van der Waals surface area contributed by atoms with Gasteiger partial charge in [-0.1, -0.05) is 36.4 Å². The zero-order valence-electron chi connectivity index (χ0n) is 6.77. The van der Waals surface area contributed by atoms with Crippen LogP contribution in [0.15, 0.2) is 35.9 Å². The van der Waals surface area contributed by atoms with Gasteiger partial charge in [-0.25, -0.2) is 0 Å². The first-order chi connectivity index (χ1) is 5.86. The summed E-state index contributed by atoms with van der Waals surface area (Å²) in [5.41, 5.74) is 2.04. The van der Waals surface area contributed by atoms with Crippen molar-refractivity contribution in [2.75, 3.05) is 12.4 Å². The fraction of sp³-hybridized carbons (Fsp3) is 0.200. The highest BCUT2D eigenvalue weighted by molar-refractivity contribution is 7.80. The fourth-order valence-electron chi connectivity index (χ4n) is 0.926. The third kappa shape index (κ3) is 2.72. The van der Waals surface area contributed by atoms with Crippen LogP contribution in [-0.4, -0.2) is 17.5 Å². The number of aliphatic hydroxyl groups excluding tert-OH is 1. The molecule has 0 aliphatic carbocycles. The van der Waals surface area contributed by atoms with E-state index in [1.165, 1.54) is 0 Å². The van der Waals surface area contributed by atoms with E-state index in [0.29, 0.717) is 5.75 Å². The molecular formula is C10H12OS. The molecule has 0 unspecified atom stereocenters. The van der Waals surface area contributed by atoms with Gasteiger partial charge >= 0.3 is 0 Å². The van der Waals surface area contributed by atoms with Crippen LogP contribution in [0.2, 0.25) is 0 Å². The molecule has 0 aliphatic rings. The van der Waals surface area contributed by atoms with E-state index in [0.717, 1.165) is 11.1 Å². The lowest BCUT2D eigenvalue weighted by atomic mass is 10.1. The molecule has 2 heteroatoms. The zero-order valence-corrected chi connectivity index (χ0v) is 7.67. The predicted molar refractivity (Wildman–Crippen MR) is 55.4 cm³/mol. The van der Waals surface area contributed by atoms with Crippen LogP contribution in [0.1, 0.15) is 5.56 Å². The molecule has 0 saturated carbocycles. The van der Waals surface area contributed by atoms with Gasteiger partial charge in [-0.2, -0.15) is 12.6 Å². The van der Waals surface area contributed by atoms with E-state index in [1.54, 1.807) is 0 Å². The largest absolute Gasteiger partial charge is 0.392 e. The molecule has 0 atom stereocenters. The second-order valence-electron chi connectivity index (χ2n) is 2.53. The van der Waals surface area contributed by atoms with Gasteiger partial charge in [-0.3, -0.25) is 0 Å². The quantitative estimate of drug-likeness (QED) is 0.682. The average Bonchev–Trinajstić information content (AvgIpc) is 2.16. The summed E-state index contributed by atoms with van der Waals surface area (Å²) < 4.78 is 0. The van der Waals surface area contributed by atoms with Crippen molar-refractivity contribution in [2.24, 2.45) is 0 Å². The molecule has 1 nitrogen and oxygen atoms in total. The Morgan fingerprint density at radius 2 is 2.00 bits per heavy atom. The predicted octanol–water partition coefficient (Wildman–Crippen LogP) is 1.99. The monoisotopic (exact) mass is 180 g/mol. The Morgan fingerprint density at radius 1 is 1.33 bits per heavy atom. The van der Waals surface area contributed by atoms with Gasteiger partial charge in [0.1, 0.15) is 0 Å². The van der Waals surface area contributed by atoms with Crippen molar-refractivity contribution in [2.45, 2.75) is 0 Å². The molecule has 1 aromatic carbocycles. The van der Waals surface area contributed by atoms with E-state index in [1.807, 2.05) is 36.4 Å². The Bertz CT molecular complexity index is 248. The highest BCUT2D eigenvalue weighted by atomic mass is 32.1. The summed E-state index contributed by atoms with van der Waals surface area (Å²) >= 11 is 4.10. The fourth-order valence-corrected chi connectivity index (χ4v) is 1.12. The molecule has 12 heavy (non-hydrogen) atoms. The molecule has 0 radical (unpaired) electrons. The first kappa shape index (κ1) is 9.36. The Hall–Kier alpha value is -0.730. The third-order valence-electron chi connectivity index (χ3n) is 1.58. The van der Waals surface area contributed by atoms with Crippen LogP contribution in [0.3, 0.4) is 0 Å². The molecule has 1 rings (SSSR count). The highest BCUT2D eigenvalue weighted by Gasteiger charge is 1.91. The number of thiol groups is 1. The minimum absolute atomic E-state index is 0.0817. The van der Waals surface area contributed by atoms with Crippen LogP contribution < -0.4 is 0 Å². The molecule has 0 amide bonds. The summed E-state index contributed by atoms with van der Waals surface area (Å²) in [6.07, 6.45) is 1.95. The number of hydrogen-bond donors (Lipinski definition) is 2. The lowest BCUT2D eigenvalue weighted by Crippen LogP contribution is -1.90. The van der Waals surface area contributed by atoms with E-state index in [4.69, 9.17) is 5.11 Å². The average molecular weight is 180 g/mol. The molecule has 1 N–H and O–H groups in total. The third-order valence-corrected chi connectivity index (χ3v) is 1.98. The van der Waals surface area contributed by atoms with Gasteiger partial charge in [0.15, 0.2) is 0 Å². The van der Waals surface area contributed by atoms with Crippen LogP contribution in [-0.2, 0) is 0 Å². The summed E-state index contributed by atoms with van der Waals surface area (Å²) in [6, 6.07) is 9.91. The van der Waals surface area contributed by atoms with Crippen LogP contribution >= 0.6 is 12.6 Å². The van der Waals surface area contributed by atoms with E-state index >= 15 is 0 Å². The number of rotatable bonds is 3. The normalized spacial score (nSPS) is 11.7. The molecular weight excluding hydrogens is 168 g/mol. The number of benzene rings is 1. The van der Waals surface area contributed by atoms with Gasteiger partial charge in [-0.15, -0.1) is 0 Å². The summed E-state index contributed by atoms with van der Waals surface area (Å²) in [5, 5.41) is 8.87. The topological polar surface area (TPSA) is 20.2 Å². The van der Waals surface area contributed by atoms with E-state index in [9.17, 15) is 0 Å². The molecule has 0 aromatic heterocycles. The summed E-state index contributed by atoms with van der Waals surface area (Å²) in [4.78, 5) is 0. The lowest BCUT2D eigenvalue weighted by molar-refractivity contribution is 0.333. The van der Waals surface area contributed by atoms with Gasteiger partial charge in [0.25, 0.3) is 0 Å². The Balaban J connectivity index is 2.79. The Kier molecular flexibility index (Phi) is 3.91. The highest BCUT2D eigenvalue weighted by Crippen LogP contribution is 2.06. The smallest absolute Gasteiger partial charge is 0.0653 e. The van der Waals surface area contributed by atoms with E-state index in [-0.39, 0.29) is 6.61 Å². The van der Waals surface area contributed by atoms with E-state index in [2.05, 4.69) is 12.6 Å². The summed E-state index contributed by atoms with van der Waals surface area (Å²) in [6.45, 7) is 0.0817. The molecule has 0 saturated heterocycles. The van der Waals surface area contributed by atoms with Crippen molar-refractivity contribution < 1.29 is 5.11 Å². The SMILES string of the molecule is OC/C(=C\c1ccccc1)CS. The number of hydrogen-bond acceptors (Lipinski definition) is 2. The van der Waals surface area contributed by atoms with Crippen molar-refractivity contribution in [1.29, 1.82) is 0 Å². The minimum Gasteiger partial charge on any atom is -0.392 e. The first-order valence-electron chi connectivity index (χ1n) is 3.83. The van der Waals surface area contributed by atoms with Crippen LogP contribution in [0.25, 0.3) is 6.08 Å². The molecule has 64 valence electrons. The van der Waals surface area contributed by atoms with Gasteiger partial charge < -0.3 is 5.11 Å². The second kappa shape index (κ2) is 5.01. The second-order valence-corrected chi connectivity index (χ2v) is 2.85. The van der Waals surface area contributed by atoms with Crippen LogP contribution in [0.4, 0.5) is 0 Å². The van der Waals surface area contributed by atoms with Gasteiger partial charge in [0, 0.05) is 5.75 Å².